The Labute approximate surface area is 75.9 Å². The van der Waals surface area contributed by atoms with E-state index in [0.717, 1.165) is 0 Å². The third-order valence-electron chi connectivity index (χ3n) is 2.10. The zero-order valence-corrected chi connectivity index (χ0v) is 7.98. The molecule has 13 heavy (non-hydrogen) atoms. The molecule has 0 spiro atoms. The summed E-state index contributed by atoms with van der Waals surface area (Å²) in [6, 6.07) is -0.602. The summed E-state index contributed by atoms with van der Waals surface area (Å²) in [7, 11) is 0. The van der Waals surface area contributed by atoms with Crippen molar-refractivity contribution >= 4 is 6.98 Å². The van der Waals surface area contributed by atoms with Gasteiger partial charge in [0, 0.05) is 6.04 Å². The van der Waals surface area contributed by atoms with Gasteiger partial charge in [0.2, 0.25) is 0 Å². The molecule has 0 amide bonds. The van der Waals surface area contributed by atoms with Crippen molar-refractivity contribution in [3.63, 3.8) is 0 Å². The summed E-state index contributed by atoms with van der Waals surface area (Å²) in [5.74, 6) is 0. The van der Waals surface area contributed by atoms with Crippen LogP contribution in [0.5, 0.6) is 0 Å². The van der Waals surface area contributed by atoms with Crippen LogP contribution < -0.4 is 5.32 Å². The molecule has 0 radical (unpaired) electrons. The SMILES string of the molecule is C[C@H]1OC(C)(C)N[C@@H]1C[B-](F)(F)F. The van der Waals surface area contributed by atoms with Gasteiger partial charge in [-0.05, 0) is 20.8 Å². The number of hydrogen-bond acceptors (Lipinski definition) is 2. The van der Waals surface area contributed by atoms with E-state index in [0.29, 0.717) is 0 Å². The molecule has 0 saturated carbocycles. The van der Waals surface area contributed by atoms with E-state index in [-0.39, 0.29) is 6.10 Å². The zero-order chi connectivity index (χ0) is 10.3. The fraction of sp³-hybridized carbons (Fsp3) is 1.00. The van der Waals surface area contributed by atoms with Gasteiger partial charge in [0.15, 0.2) is 0 Å². The van der Waals surface area contributed by atoms with Crippen LogP contribution in [0, 0.1) is 0 Å². The van der Waals surface area contributed by atoms with Crippen LogP contribution in [-0.4, -0.2) is 24.8 Å². The molecule has 2 atom stereocenters. The summed E-state index contributed by atoms with van der Waals surface area (Å²) < 4.78 is 41.6. The van der Waals surface area contributed by atoms with Gasteiger partial charge in [0.05, 0.1) is 6.10 Å². The molecule has 1 saturated heterocycles. The molecule has 6 heteroatoms. The van der Waals surface area contributed by atoms with Crippen LogP contribution in [0.2, 0.25) is 6.32 Å². The fourth-order valence-corrected chi connectivity index (χ4v) is 1.68. The Kier molecular flexibility index (Phi) is 2.64. The van der Waals surface area contributed by atoms with Gasteiger partial charge in [-0.25, -0.2) is 0 Å². The van der Waals surface area contributed by atoms with Gasteiger partial charge < -0.3 is 17.7 Å². The van der Waals surface area contributed by atoms with Gasteiger partial charge in [0.1, 0.15) is 5.72 Å². The largest absolute Gasteiger partial charge is 0.479 e. The van der Waals surface area contributed by atoms with E-state index in [1.807, 2.05) is 0 Å². The zero-order valence-electron chi connectivity index (χ0n) is 7.98. The van der Waals surface area contributed by atoms with Gasteiger partial charge in [-0.3, -0.25) is 5.32 Å². The minimum absolute atomic E-state index is 0.376. The van der Waals surface area contributed by atoms with Gasteiger partial charge >= 0.3 is 6.98 Å². The second kappa shape index (κ2) is 3.17. The van der Waals surface area contributed by atoms with E-state index < -0.39 is 25.1 Å². The molecule has 1 fully saturated rings. The maximum absolute atomic E-state index is 12.1. The average Bonchev–Trinajstić information content (AvgIpc) is 2.00. The molecule has 0 unspecified atom stereocenters. The predicted molar refractivity (Wildman–Crippen MR) is 45.4 cm³/mol. The van der Waals surface area contributed by atoms with Gasteiger partial charge in [0.25, 0.3) is 0 Å². The average molecular weight is 196 g/mol. The highest BCUT2D eigenvalue weighted by Crippen LogP contribution is 2.28. The quantitative estimate of drug-likeness (QED) is 0.681. The molecule has 0 bridgehead atoms. The lowest BCUT2D eigenvalue weighted by Crippen LogP contribution is -2.41. The first kappa shape index (κ1) is 10.9. The van der Waals surface area contributed by atoms with Crippen molar-refractivity contribution in [2.24, 2.45) is 0 Å². The summed E-state index contributed by atoms with van der Waals surface area (Å²) in [5.41, 5.74) is -0.634. The maximum atomic E-state index is 12.1. The van der Waals surface area contributed by atoms with Crippen molar-refractivity contribution in [1.29, 1.82) is 0 Å². The first-order valence-electron chi connectivity index (χ1n) is 4.36. The Morgan fingerprint density at radius 1 is 1.38 bits per heavy atom. The van der Waals surface area contributed by atoms with Crippen LogP contribution in [-0.2, 0) is 4.74 Å². The molecule has 0 aromatic rings. The first-order valence-corrected chi connectivity index (χ1v) is 4.36. The standard InChI is InChI=1S/C7H14BF3NO/c1-5-6(4-8(9,10)11)12-7(2,3)13-5/h5-6,12H,4H2,1-3H3/q-1/t5-,6-/m1/s1. The fourth-order valence-electron chi connectivity index (χ4n) is 1.68. The highest BCUT2D eigenvalue weighted by atomic mass is 19.4. The monoisotopic (exact) mass is 196 g/mol. The lowest BCUT2D eigenvalue weighted by molar-refractivity contribution is -0.0169. The molecule has 0 aliphatic carbocycles. The van der Waals surface area contributed by atoms with Crippen molar-refractivity contribution in [3.8, 4) is 0 Å². The molecule has 1 N–H and O–H groups in total. The van der Waals surface area contributed by atoms with Crippen LogP contribution in [0.25, 0.3) is 0 Å². The normalized spacial score (nSPS) is 33.7. The third kappa shape index (κ3) is 3.19. The molecule has 1 rings (SSSR count). The van der Waals surface area contributed by atoms with Crippen LogP contribution in [0.3, 0.4) is 0 Å². The van der Waals surface area contributed by atoms with Gasteiger partial charge in [-0.15, -0.1) is 0 Å². The lowest BCUT2D eigenvalue weighted by atomic mass is 9.80. The topological polar surface area (TPSA) is 21.3 Å². The molecule has 0 aromatic heterocycles. The number of ether oxygens (including phenoxy) is 1. The van der Waals surface area contributed by atoms with Gasteiger partial charge in [-0.2, -0.15) is 0 Å². The molecule has 0 aromatic carbocycles. The predicted octanol–water partition coefficient (Wildman–Crippen LogP) is 1.95. The van der Waals surface area contributed by atoms with E-state index in [2.05, 4.69) is 5.32 Å². The van der Waals surface area contributed by atoms with Crippen molar-refractivity contribution in [2.45, 2.75) is 45.0 Å². The van der Waals surface area contributed by atoms with Crippen LogP contribution in [0.1, 0.15) is 20.8 Å². The minimum Gasteiger partial charge on any atom is -0.449 e. The molecule has 2 nitrogen and oxygen atoms in total. The molecule has 1 heterocycles. The number of rotatable bonds is 2. The molecular weight excluding hydrogens is 182 g/mol. The van der Waals surface area contributed by atoms with Crippen molar-refractivity contribution in [1.82, 2.24) is 5.32 Å². The third-order valence-corrected chi connectivity index (χ3v) is 2.10. The number of halogens is 3. The smallest absolute Gasteiger partial charge is 0.449 e. The summed E-state index contributed by atoms with van der Waals surface area (Å²) >= 11 is 0. The Morgan fingerprint density at radius 3 is 2.23 bits per heavy atom. The van der Waals surface area contributed by atoms with Crippen LogP contribution in [0.15, 0.2) is 0 Å². The number of hydrogen-bond donors (Lipinski definition) is 1. The molecule has 1 aliphatic heterocycles. The summed E-state index contributed by atoms with van der Waals surface area (Å²) in [4.78, 5) is 0. The van der Waals surface area contributed by atoms with Crippen LogP contribution in [0.4, 0.5) is 12.9 Å². The summed E-state index contributed by atoms with van der Waals surface area (Å²) in [6.45, 7) is 0.387. The summed E-state index contributed by atoms with van der Waals surface area (Å²) in [6.07, 6.45) is -1.15. The van der Waals surface area contributed by atoms with Crippen molar-refractivity contribution < 1.29 is 17.7 Å². The molecule has 78 valence electrons. The van der Waals surface area contributed by atoms with E-state index in [4.69, 9.17) is 4.74 Å². The van der Waals surface area contributed by atoms with E-state index in [1.165, 1.54) is 0 Å². The van der Waals surface area contributed by atoms with Crippen molar-refractivity contribution in [2.75, 3.05) is 0 Å². The maximum Gasteiger partial charge on any atom is 0.479 e. The lowest BCUT2D eigenvalue weighted by Gasteiger charge is -2.22. The minimum atomic E-state index is -4.73. The second-order valence-corrected chi connectivity index (χ2v) is 4.03. The van der Waals surface area contributed by atoms with E-state index in [9.17, 15) is 12.9 Å². The van der Waals surface area contributed by atoms with E-state index in [1.54, 1.807) is 20.8 Å². The second-order valence-electron chi connectivity index (χ2n) is 4.03. The first-order chi connectivity index (χ1) is 5.70. The Morgan fingerprint density at radius 2 is 1.92 bits per heavy atom. The molecular formula is C7H14BF3NO-. The van der Waals surface area contributed by atoms with Crippen molar-refractivity contribution in [3.05, 3.63) is 0 Å². The number of nitrogens with one attached hydrogen (secondary N) is 1. The Balaban J connectivity index is 2.54. The van der Waals surface area contributed by atoms with Gasteiger partial charge in [-0.1, -0.05) is 6.32 Å². The highest BCUT2D eigenvalue weighted by Gasteiger charge is 2.40. The summed E-state index contributed by atoms with van der Waals surface area (Å²) in [5, 5.41) is 2.81. The Hall–Kier alpha value is -0.225. The Bertz CT molecular complexity index is 195. The molecule has 1 aliphatic rings. The van der Waals surface area contributed by atoms with Crippen LogP contribution >= 0.6 is 0 Å². The highest BCUT2D eigenvalue weighted by molar-refractivity contribution is 6.58. The van der Waals surface area contributed by atoms with E-state index >= 15 is 0 Å².